The molecule has 0 saturated carbocycles. The summed E-state index contributed by atoms with van der Waals surface area (Å²) >= 11 is 0. The Balaban J connectivity index is 1.53. The van der Waals surface area contributed by atoms with Crippen LogP contribution in [0.3, 0.4) is 0 Å². The van der Waals surface area contributed by atoms with Gasteiger partial charge in [-0.3, -0.25) is 9.59 Å². The Kier molecular flexibility index (Phi) is 3.65. The molecule has 2 unspecified atom stereocenters. The molecule has 0 aromatic heterocycles. The van der Waals surface area contributed by atoms with Crippen LogP contribution in [0.25, 0.3) is 0 Å². The van der Waals surface area contributed by atoms with Gasteiger partial charge in [0.1, 0.15) is 5.60 Å². The molecule has 3 aliphatic carbocycles. The fourth-order valence-corrected chi connectivity index (χ4v) is 5.79. The number of anilines is 1. The molecule has 7 heteroatoms. The molecular formula is C25H16F3NO3. The predicted molar refractivity (Wildman–Crippen MR) is 109 cm³/mol. The number of rotatable bonds is 1. The Morgan fingerprint density at radius 3 is 1.84 bits per heavy atom. The third kappa shape index (κ3) is 2.21. The summed E-state index contributed by atoms with van der Waals surface area (Å²) in [7, 11) is 0. The summed E-state index contributed by atoms with van der Waals surface area (Å²) in [4.78, 5) is 28.1. The smallest absolute Gasteiger partial charge is 0.379 e. The van der Waals surface area contributed by atoms with E-state index in [1.807, 2.05) is 24.3 Å². The maximum atomic E-state index is 13.6. The van der Waals surface area contributed by atoms with Crippen molar-refractivity contribution in [3.05, 3.63) is 101 Å². The highest BCUT2D eigenvalue weighted by atomic mass is 19.4. The van der Waals surface area contributed by atoms with Crippen LogP contribution in [0, 0.1) is 11.8 Å². The van der Waals surface area contributed by atoms with Crippen LogP contribution in [0.4, 0.5) is 18.9 Å². The van der Waals surface area contributed by atoms with E-state index in [0.29, 0.717) is 11.1 Å². The fraction of sp³-hybridized carbons (Fsp3) is 0.200. The Bertz CT molecular complexity index is 1250. The van der Waals surface area contributed by atoms with Crippen molar-refractivity contribution in [1.29, 1.82) is 0 Å². The average molecular weight is 435 g/mol. The normalized spacial score (nSPS) is 27.9. The second kappa shape index (κ2) is 6.07. The Hall–Kier alpha value is -3.45. The minimum atomic E-state index is -4.52. The van der Waals surface area contributed by atoms with E-state index < -0.39 is 46.9 Å². The minimum Gasteiger partial charge on any atom is -0.379 e. The van der Waals surface area contributed by atoms with Gasteiger partial charge in [-0.2, -0.15) is 13.2 Å². The van der Waals surface area contributed by atoms with Crippen LogP contribution >= 0.6 is 0 Å². The SMILES string of the molecule is O=C1C2C3c4ccccc4C(O)(c4ccccc43)C2C(=O)N1c1ccc(C(F)(F)F)cc1. The molecule has 0 spiro atoms. The van der Waals surface area contributed by atoms with Gasteiger partial charge in [0.2, 0.25) is 11.8 Å². The highest BCUT2D eigenvalue weighted by Crippen LogP contribution is 2.63. The zero-order valence-corrected chi connectivity index (χ0v) is 16.5. The summed E-state index contributed by atoms with van der Waals surface area (Å²) in [5, 5.41) is 12.0. The van der Waals surface area contributed by atoms with Crippen LogP contribution in [0.5, 0.6) is 0 Å². The van der Waals surface area contributed by atoms with Crippen LogP contribution < -0.4 is 4.90 Å². The number of nitrogens with zero attached hydrogens (tertiary/aromatic N) is 1. The third-order valence-electron chi connectivity index (χ3n) is 7.03. The lowest BCUT2D eigenvalue weighted by Crippen LogP contribution is -2.53. The Morgan fingerprint density at radius 1 is 0.781 bits per heavy atom. The van der Waals surface area contributed by atoms with Gasteiger partial charge in [-0.15, -0.1) is 0 Å². The van der Waals surface area contributed by atoms with Gasteiger partial charge in [-0.1, -0.05) is 48.5 Å². The molecule has 4 nitrogen and oxygen atoms in total. The first kappa shape index (κ1) is 19.3. The molecule has 1 heterocycles. The second-order valence-corrected chi connectivity index (χ2v) is 8.48. The molecule has 3 aromatic rings. The summed E-state index contributed by atoms with van der Waals surface area (Å²) < 4.78 is 38.9. The third-order valence-corrected chi connectivity index (χ3v) is 7.03. The number of carbonyl (C=O) groups excluding carboxylic acids is 2. The lowest BCUT2D eigenvalue weighted by atomic mass is 9.52. The summed E-state index contributed by atoms with van der Waals surface area (Å²) in [5.41, 5.74) is 0.297. The number of amides is 2. The first-order valence-electron chi connectivity index (χ1n) is 10.2. The molecule has 1 N–H and O–H groups in total. The van der Waals surface area contributed by atoms with Gasteiger partial charge in [0.05, 0.1) is 23.1 Å². The van der Waals surface area contributed by atoms with E-state index in [-0.39, 0.29) is 5.69 Å². The molecule has 160 valence electrons. The number of alkyl halides is 3. The lowest BCUT2D eigenvalue weighted by Gasteiger charge is -2.51. The van der Waals surface area contributed by atoms with Crippen LogP contribution in [-0.4, -0.2) is 16.9 Å². The summed E-state index contributed by atoms with van der Waals surface area (Å²) in [5.74, 6) is -3.41. The van der Waals surface area contributed by atoms with Gasteiger partial charge < -0.3 is 5.11 Å². The summed E-state index contributed by atoms with van der Waals surface area (Å²) in [6.45, 7) is 0. The quantitative estimate of drug-likeness (QED) is 0.583. The number of hydrogen-bond donors (Lipinski definition) is 1. The molecule has 2 bridgehead atoms. The molecule has 1 aliphatic heterocycles. The summed E-state index contributed by atoms with van der Waals surface area (Å²) in [6.07, 6.45) is -4.52. The van der Waals surface area contributed by atoms with Gasteiger partial charge in [0.15, 0.2) is 0 Å². The van der Waals surface area contributed by atoms with E-state index in [4.69, 9.17) is 0 Å². The molecule has 4 aliphatic rings. The van der Waals surface area contributed by atoms with E-state index in [0.717, 1.165) is 40.3 Å². The zero-order valence-electron chi connectivity index (χ0n) is 16.5. The van der Waals surface area contributed by atoms with Crippen molar-refractivity contribution in [2.45, 2.75) is 17.7 Å². The van der Waals surface area contributed by atoms with Crippen molar-refractivity contribution in [3.63, 3.8) is 0 Å². The topological polar surface area (TPSA) is 57.6 Å². The maximum absolute atomic E-state index is 13.6. The second-order valence-electron chi connectivity index (χ2n) is 8.48. The number of halogens is 3. The number of imide groups is 1. The average Bonchev–Trinajstić information content (AvgIpc) is 3.05. The number of carbonyl (C=O) groups is 2. The molecular weight excluding hydrogens is 419 g/mol. The predicted octanol–water partition coefficient (Wildman–Crippen LogP) is 4.21. The van der Waals surface area contributed by atoms with Crippen molar-refractivity contribution in [3.8, 4) is 0 Å². The minimum absolute atomic E-state index is 0.0681. The molecule has 3 aromatic carbocycles. The highest BCUT2D eigenvalue weighted by molar-refractivity contribution is 6.23. The van der Waals surface area contributed by atoms with Crippen molar-refractivity contribution < 1.29 is 27.9 Å². The van der Waals surface area contributed by atoms with Crippen LogP contribution in [-0.2, 0) is 21.4 Å². The number of hydrogen-bond acceptors (Lipinski definition) is 3. The van der Waals surface area contributed by atoms with Crippen LogP contribution in [0.2, 0.25) is 0 Å². The largest absolute Gasteiger partial charge is 0.416 e. The van der Waals surface area contributed by atoms with Crippen molar-refractivity contribution in [2.24, 2.45) is 11.8 Å². The van der Waals surface area contributed by atoms with Gasteiger partial charge in [0, 0.05) is 5.92 Å². The summed E-state index contributed by atoms with van der Waals surface area (Å²) in [6, 6.07) is 18.4. The van der Waals surface area contributed by atoms with E-state index in [1.54, 1.807) is 24.3 Å². The van der Waals surface area contributed by atoms with Gasteiger partial charge in [-0.25, -0.2) is 4.90 Å². The van der Waals surface area contributed by atoms with Crippen LogP contribution in [0.15, 0.2) is 72.8 Å². The van der Waals surface area contributed by atoms with E-state index in [2.05, 4.69) is 0 Å². The highest BCUT2D eigenvalue weighted by Gasteiger charge is 2.68. The van der Waals surface area contributed by atoms with Gasteiger partial charge in [0.25, 0.3) is 0 Å². The number of benzene rings is 3. The zero-order chi connectivity index (χ0) is 22.4. The van der Waals surface area contributed by atoms with Gasteiger partial charge in [-0.05, 0) is 46.5 Å². The molecule has 1 saturated heterocycles. The van der Waals surface area contributed by atoms with Crippen molar-refractivity contribution in [1.82, 2.24) is 0 Å². The van der Waals surface area contributed by atoms with E-state index >= 15 is 0 Å². The first-order chi connectivity index (χ1) is 15.2. The van der Waals surface area contributed by atoms with Crippen LogP contribution in [0.1, 0.15) is 33.7 Å². The molecule has 2 atom stereocenters. The molecule has 2 amide bonds. The molecule has 32 heavy (non-hydrogen) atoms. The van der Waals surface area contributed by atoms with E-state index in [1.165, 1.54) is 0 Å². The lowest BCUT2D eigenvalue weighted by molar-refractivity contribution is -0.137. The first-order valence-corrected chi connectivity index (χ1v) is 10.2. The van der Waals surface area contributed by atoms with Gasteiger partial charge >= 0.3 is 6.18 Å². The molecule has 0 radical (unpaired) electrons. The number of aliphatic hydroxyl groups is 1. The molecule has 7 rings (SSSR count). The monoisotopic (exact) mass is 435 g/mol. The Morgan fingerprint density at radius 2 is 1.31 bits per heavy atom. The fourth-order valence-electron chi connectivity index (χ4n) is 5.79. The van der Waals surface area contributed by atoms with E-state index in [9.17, 15) is 27.9 Å². The van der Waals surface area contributed by atoms with Crippen molar-refractivity contribution in [2.75, 3.05) is 4.90 Å². The maximum Gasteiger partial charge on any atom is 0.416 e. The molecule has 1 fully saturated rings. The van der Waals surface area contributed by atoms with Crippen molar-refractivity contribution >= 4 is 17.5 Å². The standard InChI is InChI=1S/C25H16F3NO3/c26-25(27,28)13-9-11-14(12-10-13)29-22(30)20-19-15-5-1-3-7-17(15)24(32,21(20)23(29)31)18-8-4-2-6-16(18)19/h1-12,19-21,32H. The Labute approximate surface area is 180 Å².